The van der Waals surface area contributed by atoms with Crippen molar-refractivity contribution in [1.29, 1.82) is 0 Å². The zero-order valence-corrected chi connectivity index (χ0v) is 14.1. The lowest BCUT2D eigenvalue weighted by Gasteiger charge is -2.34. The molecule has 0 atom stereocenters. The van der Waals surface area contributed by atoms with E-state index < -0.39 is 0 Å². The molecular formula is C20H21FN4. The number of hydrogen-bond donors (Lipinski definition) is 0. The fourth-order valence-corrected chi connectivity index (χ4v) is 3.42. The van der Waals surface area contributed by atoms with Crippen molar-refractivity contribution in [3.63, 3.8) is 0 Å². The maximum atomic E-state index is 13.9. The first-order valence-electron chi connectivity index (χ1n) is 8.66. The lowest BCUT2D eigenvalue weighted by Crippen LogP contribution is -2.45. The van der Waals surface area contributed by atoms with Gasteiger partial charge < -0.3 is 0 Å². The van der Waals surface area contributed by atoms with Gasteiger partial charge in [-0.1, -0.05) is 12.1 Å². The maximum absolute atomic E-state index is 13.9. The highest BCUT2D eigenvalue weighted by molar-refractivity contribution is 5.81. The van der Waals surface area contributed by atoms with Crippen molar-refractivity contribution < 1.29 is 4.39 Å². The number of nitrogens with zero attached hydrogens (tertiary/aromatic N) is 4. The van der Waals surface area contributed by atoms with Gasteiger partial charge in [0.2, 0.25) is 0 Å². The van der Waals surface area contributed by atoms with Crippen LogP contribution in [0.5, 0.6) is 0 Å². The van der Waals surface area contributed by atoms with Gasteiger partial charge in [0.05, 0.1) is 11.2 Å². The van der Waals surface area contributed by atoms with Crippen LogP contribution < -0.4 is 0 Å². The Balaban J connectivity index is 1.41. The molecule has 0 bridgehead atoms. The van der Waals surface area contributed by atoms with Crippen LogP contribution in [0, 0.1) is 5.82 Å². The molecule has 1 aromatic carbocycles. The quantitative estimate of drug-likeness (QED) is 0.733. The Labute approximate surface area is 146 Å². The fourth-order valence-electron chi connectivity index (χ4n) is 3.42. The molecule has 1 saturated heterocycles. The summed E-state index contributed by atoms with van der Waals surface area (Å²) < 4.78 is 13.9. The van der Waals surface area contributed by atoms with E-state index in [9.17, 15) is 4.39 Å². The zero-order valence-electron chi connectivity index (χ0n) is 14.1. The summed E-state index contributed by atoms with van der Waals surface area (Å²) in [6.45, 7) is 5.56. The first kappa shape index (κ1) is 16.1. The van der Waals surface area contributed by atoms with Crippen molar-refractivity contribution in [2.24, 2.45) is 0 Å². The monoisotopic (exact) mass is 336 g/mol. The zero-order chi connectivity index (χ0) is 17.1. The van der Waals surface area contributed by atoms with Gasteiger partial charge in [-0.2, -0.15) is 0 Å². The average Bonchev–Trinajstić information content (AvgIpc) is 2.64. The van der Waals surface area contributed by atoms with E-state index in [4.69, 9.17) is 0 Å². The van der Waals surface area contributed by atoms with Crippen molar-refractivity contribution >= 4 is 10.9 Å². The van der Waals surface area contributed by atoms with Gasteiger partial charge in [-0.05, 0) is 35.9 Å². The molecule has 2 aromatic heterocycles. The number of pyridine rings is 2. The third-order valence-electron chi connectivity index (χ3n) is 4.72. The van der Waals surface area contributed by atoms with Crippen LogP contribution in [-0.4, -0.2) is 45.9 Å². The molecule has 25 heavy (non-hydrogen) atoms. The van der Waals surface area contributed by atoms with E-state index in [1.165, 1.54) is 0 Å². The highest BCUT2D eigenvalue weighted by atomic mass is 19.1. The Morgan fingerprint density at radius 1 is 0.840 bits per heavy atom. The van der Waals surface area contributed by atoms with Crippen molar-refractivity contribution in [3.8, 4) is 0 Å². The first-order valence-corrected chi connectivity index (χ1v) is 8.66. The number of rotatable bonds is 4. The Bertz CT molecular complexity index is 845. The number of aromatic nitrogens is 2. The Hall–Kier alpha value is -2.37. The predicted octanol–water partition coefficient (Wildman–Crippen LogP) is 3.09. The predicted molar refractivity (Wildman–Crippen MR) is 96.5 cm³/mol. The lowest BCUT2D eigenvalue weighted by atomic mass is 10.1. The first-order chi connectivity index (χ1) is 12.3. The van der Waals surface area contributed by atoms with Crippen LogP contribution in [0.3, 0.4) is 0 Å². The van der Waals surface area contributed by atoms with E-state index in [-0.39, 0.29) is 5.82 Å². The Kier molecular flexibility index (Phi) is 4.68. The number of piperazine rings is 1. The third kappa shape index (κ3) is 3.83. The van der Waals surface area contributed by atoms with E-state index >= 15 is 0 Å². The Morgan fingerprint density at radius 3 is 2.36 bits per heavy atom. The maximum Gasteiger partial charge on any atom is 0.124 e. The molecular weight excluding hydrogens is 315 g/mol. The lowest BCUT2D eigenvalue weighted by molar-refractivity contribution is 0.121. The van der Waals surface area contributed by atoms with Crippen LogP contribution in [-0.2, 0) is 13.1 Å². The second-order valence-corrected chi connectivity index (χ2v) is 6.51. The summed E-state index contributed by atoms with van der Waals surface area (Å²) >= 11 is 0. The van der Waals surface area contributed by atoms with Gasteiger partial charge in [0.25, 0.3) is 0 Å². The van der Waals surface area contributed by atoms with Gasteiger partial charge in [0, 0.05) is 57.0 Å². The van der Waals surface area contributed by atoms with E-state index in [1.807, 2.05) is 30.5 Å². The van der Waals surface area contributed by atoms with Crippen LogP contribution >= 0.6 is 0 Å². The van der Waals surface area contributed by atoms with E-state index in [1.54, 1.807) is 18.3 Å². The Morgan fingerprint density at radius 2 is 1.60 bits per heavy atom. The van der Waals surface area contributed by atoms with Crippen LogP contribution in [0.25, 0.3) is 10.9 Å². The molecule has 3 aromatic rings. The molecule has 128 valence electrons. The van der Waals surface area contributed by atoms with Crippen LogP contribution in [0.4, 0.5) is 4.39 Å². The van der Waals surface area contributed by atoms with Crippen molar-refractivity contribution in [2.75, 3.05) is 26.2 Å². The third-order valence-corrected chi connectivity index (χ3v) is 4.72. The summed E-state index contributed by atoms with van der Waals surface area (Å²) in [7, 11) is 0. The summed E-state index contributed by atoms with van der Waals surface area (Å²) in [5.41, 5.74) is 2.98. The summed E-state index contributed by atoms with van der Waals surface area (Å²) in [5.74, 6) is -0.190. The molecule has 0 aliphatic carbocycles. The molecule has 0 saturated carbocycles. The smallest absolute Gasteiger partial charge is 0.124 e. The van der Waals surface area contributed by atoms with E-state index in [0.717, 1.165) is 61.4 Å². The largest absolute Gasteiger partial charge is 0.296 e. The minimum Gasteiger partial charge on any atom is -0.296 e. The van der Waals surface area contributed by atoms with Gasteiger partial charge in [-0.15, -0.1) is 0 Å². The van der Waals surface area contributed by atoms with Gasteiger partial charge in [-0.3, -0.25) is 19.8 Å². The molecule has 1 aliphatic heterocycles. The van der Waals surface area contributed by atoms with Crippen LogP contribution in [0.2, 0.25) is 0 Å². The molecule has 5 heteroatoms. The molecule has 3 heterocycles. The molecule has 4 rings (SSSR count). The SMILES string of the molecule is Fc1cc(CN2CCN(Cc3ccccn3)CC2)c2ncccc2c1. The number of halogens is 1. The van der Waals surface area contributed by atoms with Gasteiger partial charge in [0.1, 0.15) is 5.82 Å². The second kappa shape index (κ2) is 7.25. The van der Waals surface area contributed by atoms with Crippen molar-refractivity contribution in [3.05, 3.63) is 71.9 Å². The van der Waals surface area contributed by atoms with Crippen molar-refractivity contribution in [2.45, 2.75) is 13.1 Å². The number of hydrogen-bond acceptors (Lipinski definition) is 4. The number of benzene rings is 1. The molecule has 0 unspecified atom stereocenters. The molecule has 1 fully saturated rings. The topological polar surface area (TPSA) is 32.3 Å². The summed E-state index contributed by atoms with van der Waals surface area (Å²) in [6.07, 6.45) is 3.61. The average molecular weight is 336 g/mol. The van der Waals surface area contributed by atoms with Crippen LogP contribution in [0.15, 0.2) is 54.9 Å². The molecule has 0 spiro atoms. The standard InChI is InChI=1S/C20H21FN4/c21-18-12-16-4-3-7-23-20(16)17(13-18)14-24-8-10-25(11-9-24)15-19-5-1-2-6-22-19/h1-7,12-13H,8-11,14-15H2. The normalized spacial score (nSPS) is 16.4. The highest BCUT2D eigenvalue weighted by Gasteiger charge is 2.18. The second-order valence-electron chi connectivity index (χ2n) is 6.51. The number of fused-ring (bicyclic) bond motifs is 1. The van der Waals surface area contributed by atoms with Gasteiger partial charge >= 0.3 is 0 Å². The molecule has 0 radical (unpaired) electrons. The molecule has 0 N–H and O–H groups in total. The molecule has 4 nitrogen and oxygen atoms in total. The van der Waals surface area contributed by atoms with Crippen molar-refractivity contribution in [1.82, 2.24) is 19.8 Å². The summed E-state index contributed by atoms with van der Waals surface area (Å²) in [5, 5.41) is 0.867. The van der Waals surface area contributed by atoms with E-state index in [0.29, 0.717) is 0 Å². The van der Waals surface area contributed by atoms with Gasteiger partial charge in [0.15, 0.2) is 0 Å². The fraction of sp³-hybridized carbons (Fsp3) is 0.300. The summed E-state index contributed by atoms with van der Waals surface area (Å²) in [4.78, 5) is 13.6. The highest BCUT2D eigenvalue weighted by Crippen LogP contribution is 2.20. The van der Waals surface area contributed by atoms with Gasteiger partial charge in [-0.25, -0.2) is 4.39 Å². The van der Waals surface area contributed by atoms with Crippen LogP contribution in [0.1, 0.15) is 11.3 Å². The summed E-state index contributed by atoms with van der Waals surface area (Å²) in [6, 6.07) is 13.0. The van der Waals surface area contributed by atoms with E-state index in [2.05, 4.69) is 25.8 Å². The molecule has 0 amide bonds. The minimum atomic E-state index is -0.190. The minimum absolute atomic E-state index is 0.190. The molecule has 1 aliphatic rings.